The highest BCUT2D eigenvalue weighted by molar-refractivity contribution is 7.91. The normalized spacial score (nSPS) is 13.8. The van der Waals surface area contributed by atoms with Gasteiger partial charge in [0, 0.05) is 41.4 Å². The second-order valence-corrected chi connectivity index (χ2v) is 16.6. The van der Waals surface area contributed by atoms with Crippen LogP contribution in [0.2, 0.25) is 0 Å². The zero-order valence-electron chi connectivity index (χ0n) is 24.4. The zero-order chi connectivity index (χ0) is 31.2. The largest absolute Gasteiger partial charge is 0.385 e. The van der Waals surface area contributed by atoms with E-state index in [1.54, 1.807) is 57.4 Å². The van der Waals surface area contributed by atoms with Crippen LogP contribution in [0.4, 0.5) is 0 Å². The molecule has 2 aromatic heterocycles. The van der Waals surface area contributed by atoms with Gasteiger partial charge < -0.3 is 5.11 Å². The van der Waals surface area contributed by atoms with Crippen LogP contribution in [-0.2, 0) is 25.3 Å². The zero-order valence-corrected chi connectivity index (χ0v) is 26.9. The van der Waals surface area contributed by atoms with E-state index in [1.807, 2.05) is 54.6 Å². The number of pyridine rings is 1. The van der Waals surface area contributed by atoms with Gasteiger partial charge in [0.25, 0.3) is 0 Å². The van der Waals surface area contributed by atoms with Crippen LogP contribution in [-0.4, -0.2) is 44.4 Å². The molecule has 0 spiro atoms. The maximum Gasteiger partial charge on any atom is 0.175 e. The predicted molar refractivity (Wildman–Crippen MR) is 174 cm³/mol. The summed E-state index contributed by atoms with van der Waals surface area (Å²) in [7, 11) is -6.69. The van der Waals surface area contributed by atoms with E-state index in [2.05, 4.69) is 9.97 Å². The molecule has 222 valence electrons. The molecule has 3 aromatic carbocycles. The van der Waals surface area contributed by atoms with Gasteiger partial charge in [0.2, 0.25) is 0 Å². The van der Waals surface area contributed by atoms with Gasteiger partial charge >= 0.3 is 0 Å². The fourth-order valence-electron chi connectivity index (χ4n) is 4.71. The molecule has 0 amide bonds. The highest BCUT2D eigenvalue weighted by Crippen LogP contribution is 2.36. The van der Waals surface area contributed by atoms with Crippen LogP contribution in [0.25, 0.3) is 33.7 Å². The van der Waals surface area contributed by atoms with Gasteiger partial charge in [-0.05, 0) is 85.5 Å². The summed E-state index contributed by atoms with van der Waals surface area (Å²) in [5, 5.41) is 11.4. The molecule has 0 bridgehead atoms. The SMILES string of the molecule is CC(c1cc(-c2cccc(/C=C(\c3ccc(S(C)(=O)=O)cc3)c3ncc(C(C)(C)O)s3)c2)c2ncccc2c1)S(C)(=O)=O. The average molecular weight is 633 g/mol. The van der Waals surface area contributed by atoms with Gasteiger partial charge in [0.1, 0.15) is 5.01 Å². The van der Waals surface area contributed by atoms with Crippen LogP contribution in [0, 0.1) is 0 Å². The summed E-state index contributed by atoms with van der Waals surface area (Å²) in [5.41, 5.74) is 4.45. The second-order valence-electron chi connectivity index (χ2n) is 11.2. The van der Waals surface area contributed by atoms with Crippen LogP contribution in [0.5, 0.6) is 0 Å². The molecule has 7 nitrogen and oxygen atoms in total. The molecule has 10 heteroatoms. The average Bonchev–Trinajstić information content (AvgIpc) is 3.45. The van der Waals surface area contributed by atoms with E-state index in [1.165, 1.54) is 23.8 Å². The summed E-state index contributed by atoms with van der Waals surface area (Å²) in [6, 6.07) is 22.0. The van der Waals surface area contributed by atoms with E-state index in [0.29, 0.717) is 15.4 Å². The van der Waals surface area contributed by atoms with E-state index < -0.39 is 30.5 Å². The maximum atomic E-state index is 12.4. The summed E-state index contributed by atoms with van der Waals surface area (Å²) < 4.78 is 49.0. The lowest BCUT2D eigenvalue weighted by atomic mass is 9.95. The summed E-state index contributed by atoms with van der Waals surface area (Å²) in [4.78, 5) is 10.1. The van der Waals surface area contributed by atoms with Crippen LogP contribution in [0.15, 0.2) is 90.1 Å². The number of benzene rings is 3. The van der Waals surface area contributed by atoms with Gasteiger partial charge in [-0.1, -0.05) is 36.4 Å². The summed E-state index contributed by atoms with van der Waals surface area (Å²) in [6.45, 7) is 5.09. The van der Waals surface area contributed by atoms with Crippen LogP contribution in [0.3, 0.4) is 0 Å². The van der Waals surface area contributed by atoms with Gasteiger partial charge in [0.05, 0.1) is 26.1 Å². The molecular weight excluding hydrogens is 601 g/mol. The molecule has 0 aliphatic heterocycles. The van der Waals surface area contributed by atoms with Gasteiger partial charge in [-0.15, -0.1) is 11.3 Å². The molecule has 2 heterocycles. The molecule has 0 saturated carbocycles. The smallest absolute Gasteiger partial charge is 0.175 e. The first-order chi connectivity index (χ1) is 20.1. The number of thiazole rings is 1. The fourth-order valence-corrected chi connectivity index (χ4v) is 6.93. The van der Waals surface area contributed by atoms with Gasteiger partial charge in [-0.2, -0.15) is 0 Å². The van der Waals surface area contributed by atoms with Crippen LogP contribution < -0.4 is 0 Å². The molecule has 1 N–H and O–H groups in total. The van der Waals surface area contributed by atoms with Crippen molar-refractivity contribution >= 4 is 53.6 Å². The molecule has 43 heavy (non-hydrogen) atoms. The van der Waals surface area contributed by atoms with Gasteiger partial charge in [-0.3, -0.25) is 4.98 Å². The molecule has 1 unspecified atom stereocenters. The van der Waals surface area contributed by atoms with Crippen molar-refractivity contribution in [1.82, 2.24) is 9.97 Å². The standard InChI is InChI=1S/C33H32N2O5S3/c1-21(42(4,37)38)26-18-25-10-7-15-34-31(25)28(19-26)24-9-6-8-22(16-24)17-29(32-35-20-30(41-32)33(2,3)36)23-11-13-27(14-12-23)43(5,39)40/h6-21,36H,1-5H3/b29-17+. The number of fused-ring (bicyclic) bond motifs is 1. The number of nitrogens with zero attached hydrogens (tertiary/aromatic N) is 2. The summed E-state index contributed by atoms with van der Waals surface area (Å²) in [5.74, 6) is 0. The fraction of sp³-hybridized carbons (Fsp3) is 0.212. The van der Waals surface area contributed by atoms with Crippen molar-refractivity contribution in [1.29, 1.82) is 0 Å². The van der Waals surface area contributed by atoms with E-state index in [0.717, 1.165) is 38.7 Å². The predicted octanol–water partition coefficient (Wildman–Crippen LogP) is 6.68. The van der Waals surface area contributed by atoms with Gasteiger partial charge in [0.15, 0.2) is 19.7 Å². The topological polar surface area (TPSA) is 114 Å². The van der Waals surface area contributed by atoms with E-state index >= 15 is 0 Å². The highest BCUT2D eigenvalue weighted by atomic mass is 32.2. The van der Waals surface area contributed by atoms with Crippen molar-refractivity contribution in [2.75, 3.05) is 12.5 Å². The number of rotatable bonds is 8. The third-order valence-corrected chi connectivity index (χ3v) is 11.3. The Morgan fingerprint density at radius 2 is 1.65 bits per heavy atom. The van der Waals surface area contributed by atoms with E-state index in [9.17, 15) is 21.9 Å². The maximum absolute atomic E-state index is 12.4. The molecule has 0 fully saturated rings. The molecule has 1 atom stereocenters. The molecular formula is C33H32N2O5S3. The van der Waals surface area contributed by atoms with Crippen molar-refractivity contribution < 1.29 is 21.9 Å². The first kappa shape index (κ1) is 30.7. The van der Waals surface area contributed by atoms with E-state index in [-0.39, 0.29) is 4.90 Å². The van der Waals surface area contributed by atoms with E-state index in [4.69, 9.17) is 0 Å². The minimum absolute atomic E-state index is 0.219. The Bertz CT molecular complexity index is 2070. The molecule has 0 aliphatic carbocycles. The molecule has 5 aromatic rings. The van der Waals surface area contributed by atoms with Crippen LogP contribution >= 0.6 is 11.3 Å². The lowest BCUT2D eigenvalue weighted by Gasteiger charge is -2.15. The Balaban J connectivity index is 1.67. The summed E-state index contributed by atoms with van der Waals surface area (Å²) >= 11 is 1.37. The Morgan fingerprint density at radius 1 is 0.930 bits per heavy atom. The number of aliphatic hydroxyl groups is 1. The second kappa shape index (κ2) is 11.4. The number of hydrogen-bond acceptors (Lipinski definition) is 8. The van der Waals surface area contributed by atoms with Crippen LogP contribution in [0.1, 0.15) is 52.6 Å². The van der Waals surface area contributed by atoms with Crippen molar-refractivity contribution in [2.45, 2.75) is 36.5 Å². The Hall–Kier alpha value is -3.70. The third-order valence-electron chi connectivity index (χ3n) is 7.28. The third kappa shape index (κ3) is 6.78. The van der Waals surface area contributed by atoms with Crippen molar-refractivity contribution in [3.63, 3.8) is 0 Å². The van der Waals surface area contributed by atoms with Crippen molar-refractivity contribution in [2.24, 2.45) is 0 Å². The Labute approximate surface area is 256 Å². The number of hydrogen-bond donors (Lipinski definition) is 1. The minimum atomic E-state index is -3.37. The lowest BCUT2D eigenvalue weighted by Crippen LogP contribution is -2.12. The number of sulfone groups is 2. The highest BCUT2D eigenvalue weighted by Gasteiger charge is 2.22. The van der Waals surface area contributed by atoms with Crippen molar-refractivity contribution in [3.05, 3.63) is 112 Å². The monoisotopic (exact) mass is 632 g/mol. The first-order valence-corrected chi connectivity index (χ1v) is 18.2. The number of aromatic nitrogens is 2. The Morgan fingerprint density at radius 3 is 2.28 bits per heavy atom. The molecule has 0 aliphatic rings. The molecule has 0 radical (unpaired) electrons. The molecule has 0 saturated heterocycles. The first-order valence-electron chi connectivity index (χ1n) is 13.5. The summed E-state index contributed by atoms with van der Waals surface area (Å²) in [6.07, 6.45) is 7.76. The minimum Gasteiger partial charge on any atom is -0.385 e. The van der Waals surface area contributed by atoms with Gasteiger partial charge in [-0.25, -0.2) is 21.8 Å². The quantitative estimate of drug-likeness (QED) is 0.190. The molecule has 5 rings (SSSR count). The lowest BCUT2D eigenvalue weighted by molar-refractivity contribution is 0.0823. The van der Waals surface area contributed by atoms with Crippen molar-refractivity contribution in [3.8, 4) is 11.1 Å². The Kier molecular flexibility index (Phi) is 8.17.